The first kappa shape index (κ1) is 12.5. The van der Waals surface area contributed by atoms with Gasteiger partial charge < -0.3 is 10.0 Å². The van der Waals surface area contributed by atoms with Crippen molar-refractivity contribution < 1.29 is 5.11 Å². The lowest BCUT2D eigenvalue weighted by Crippen LogP contribution is -2.24. The lowest BCUT2D eigenvalue weighted by Gasteiger charge is -2.21. The van der Waals surface area contributed by atoms with Crippen LogP contribution in [0.25, 0.3) is 0 Å². The second-order valence-electron chi connectivity index (χ2n) is 3.61. The number of aliphatic hydroxyl groups is 1. The van der Waals surface area contributed by atoms with E-state index in [0.29, 0.717) is 13.1 Å². The highest BCUT2D eigenvalue weighted by molar-refractivity contribution is 5.42. The molecular formula is C13H18N2O. The normalized spacial score (nSPS) is 11.9. The van der Waals surface area contributed by atoms with Gasteiger partial charge in [-0.05, 0) is 24.6 Å². The Morgan fingerprint density at radius 1 is 1.44 bits per heavy atom. The van der Waals surface area contributed by atoms with Gasteiger partial charge in [-0.3, -0.25) is 0 Å². The molecule has 0 aromatic carbocycles. The summed E-state index contributed by atoms with van der Waals surface area (Å²) in [5.74, 6) is 0.832. The number of hydrogen-bond acceptors (Lipinski definition) is 3. The zero-order valence-electron chi connectivity index (χ0n) is 9.63. The van der Waals surface area contributed by atoms with Gasteiger partial charge in [0.25, 0.3) is 0 Å². The molecule has 3 nitrogen and oxygen atoms in total. The number of nitrogens with zero attached hydrogens (tertiary/aromatic N) is 2. The molecule has 0 unspecified atom stereocenters. The molecule has 1 rings (SSSR count). The van der Waals surface area contributed by atoms with Gasteiger partial charge in [-0.25, -0.2) is 4.98 Å². The van der Waals surface area contributed by atoms with E-state index in [0.717, 1.165) is 11.4 Å². The summed E-state index contributed by atoms with van der Waals surface area (Å²) in [5, 5.41) is 9.50. The summed E-state index contributed by atoms with van der Waals surface area (Å²) in [6.45, 7) is 10.6. The highest BCUT2D eigenvalue weighted by Gasteiger charge is 2.07. The smallest absolute Gasteiger partial charge is 0.129 e. The number of rotatable bonds is 6. The fourth-order valence-corrected chi connectivity index (χ4v) is 1.44. The van der Waals surface area contributed by atoms with Crippen molar-refractivity contribution in [2.24, 2.45) is 0 Å². The highest BCUT2D eigenvalue weighted by atomic mass is 16.3. The maximum absolute atomic E-state index is 9.50. The van der Waals surface area contributed by atoms with Crippen LogP contribution in [0.4, 0.5) is 5.82 Å². The van der Waals surface area contributed by atoms with Gasteiger partial charge in [0.1, 0.15) is 5.82 Å². The largest absolute Gasteiger partial charge is 0.389 e. The standard InChI is InChI=1S/C13H18N2O/c1-4-8-15(9-5-2)13-10-12(11(3)16)6-7-14-13/h4-7,10-11,16H,1-2,8-9H2,3H3/t11-/m0/s1. The van der Waals surface area contributed by atoms with Gasteiger partial charge in [0, 0.05) is 19.3 Å². The molecule has 0 aliphatic heterocycles. The molecule has 1 aromatic rings. The maximum Gasteiger partial charge on any atom is 0.129 e. The Hall–Kier alpha value is -1.61. The van der Waals surface area contributed by atoms with Crippen molar-refractivity contribution in [3.8, 4) is 0 Å². The Labute approximate surface area is 96.7 Å². The molecule has 0 radical (unpaired) electrons. The Morgan fingerprint density at radius 2 is 2.06 bits per heavy atom. The predicted octanol–water partition coefficient (Wildman–Crippen LogP) is 2.31. The Kier molecular flexibility index (Phi) is 4.73. The van der Waals surface area contributed by atoms with Crippen LogP contribution in [0.1, 0.15) is 18.6 Å². The molecule has 86 valence electrons. The quantitative estimate of drug-likeness (QED) is 0.744. The molecule has 1 heterocycles. The lowest BCUT2D eigenvalue weighted by atomic mass is 10.1. The summed E-state index contributed by atoms with van der Waals surface area (Å²) < 4.78 is 0. The zero-order chi connectivity index (χ0) is 12.0. The van der Waals surface area contributed by atoms with Gasteiger partial charge in [-0.1, -0.05) is 12.2 Å². The van der Waals surface area contributed by atoms with E-state index >= 15 is 0 Å². The fraction of sp³-hybridized carbons (Fsp3) is 0.308. The van der Waals surface area contributed by atoms with Crippen LogP contribution in [0.3, 0.4) is 0 Å². The average molecular weight is 218 g/mol. The van der Waals surface area contributed by atoms with Crippen LogP contribution < -0.4 is 4.90 Å². The van der Waals surface area contributed by atoms with Gasteiger partial charge in [0.2, 0.25) is 0 Å². The van der Waals surface area contributed by atoms with E-state index in [2.05, 4.69) is 18.1 Å². The third kappa shape index (κ3) is 3.21. The highest BCUT2D eigenvalue weighted by Crippen LogP contribution is 2.17. The number of anilines is 1. The molecular weight excluding hydrogens is 200 g/mol. The van der Waals surface area contributed by atoms with Crippen molar-refractivity contribution >= 4 is 5.82 Å². The summed E-state index contributed by atoms with van der Waals surface area (Å²) in [4.78, 5) is 6.31. The molecule has 0 saturated carbocycles. The monoisotopic (exact) mass is 218 g/mol. The van der Waals surface area contributed by atoms with E-state index in [1.54, 1.807) is 13.1 Å². The molecule has 1 N–H and O–H groups in total. The topological polar surface area (TPSA) is 36.4 Å². The third-order valence-electron chi connectivity index (χ3n) is 2.27. The van der Waals surface area contributed by atoms with Gasteiger partial charge in [-0.15, -0.1) is 13.2 Å². The molecule has 0 amide bonds. The number of pyridine rings is 1. The van der Waals surface area contributed by atoms with Gasteiger partial charge in [-0.2, -0.15) is 0 Å². The van der Waals surface area contributed by atoms with Gasteiger partial charge in [0.15, 0.2) is 0 Å². The summed E-state index contributed by atoms with van der Waals surface area (Å²) in [7, 11) is 0. The van der Waals surface area contributed by atoms with E-state index < -0.39 is 6.10 Å². The molecule has 0 bridgehead atoms. The number of hydrogen-bond donors (Lipinski definition) is 1. The van der Waals surface area contributed by atoms with Gasteiger partial charge >= 0.3 is 0 Å². The van der Waals surface area contributed by atoms with E-state index in [-0.39, 0.29) is 0 Å². The minimum atomic E-state index is -0.476. The molecule has 0 saturated heterocycles. The van der Waals surface area contributed by atoms with Crippen LogP contribution in [0.5, 0.6) is 0 Å². The summed E-state index contributed by atoms with van der Waals surface area (Å²) >= 11 is 0. The second kappa shape index (κ2) is 6.08. The first-order valence-corrected chi connectivity index (χ1v) is 5.29. The minimum absolute atomic E-state index is 0.476. The van der Waals surface area contributed by atoms with E-state index in [4.69, 9.17) is 0 Å². The van der Waals surface area contributed by atoms with Crippen molar-refractivity contribution in [2.45, 2.75) is 13.0 Å². The van der Waals surface area contributed by atoms with E-state index in [1.165, 1.54) is 0 Å². The summed E-state index contributed by atoms with van der Waals surface area (Å²) in [6.07, 6.45) is 4.87. The molecule has 1 aromatic heterocycles. The van der Waals surface area contributed by atoms with E-state index in [1.807, 2.05) is 29.2 Å². The van der Waals surface area contributed by atoms with Crippen LogP contribution in [-0.4, -0.2) is 23.2 Å². The van der Waals surface area contributed by atoms with Crippen molar-refractivity contribution in [1.29, 1.82) is 0 Å². The number of aromatic nitrogens is 1. The van der Waals surface area contributed by atoms with Crippen molar-refractivity contribution in [3.63, 3.8) is 0 Å². The van der Waals surface area contributed by atoms with E-state index in [9.17, 15) is 5.11 Å². The molecule has 16 heavy (non-hydrogen) atoms. The minimum Gasteiger partial charge on any atom is -0.389 e. The van der Waals surface area contributed by atoms with Gasteiger partial charge in [0.05, 0.1) is 6.10 Å². The fourth-order valence-electron chi connectivity index (χ4n) is 1.44. The van der Waals surface area contributed by atoms with Crippen molar-refractivity contribution in [3.05, 3.63) is 49.2 Å². The predicted molar refractivity (Wildman–Crippen MR) is 67.5 cm³/mol. The second-order valence-corrected chi connectivity index (χ2v) is 3.61. The molecule has 0 aliphatic carbocycles. The van der Waals surface area contributed by atoms with Crippen LogP contribution >= 0.6 is 0 Å². The maximum atomic E-state index is 9.50. The third-order valence-corrected chi connectivity index (χ3v) is 2.27. The Bertz CT molecular complexity index is 351. The summed E-state index contributed by atoms with van der Waals surface area (Å²) in [5.41, 5.74) is 0.864. The lowest BCUT2D eigenvalue weighted by molar-refractivity contribution is 0.199. The SMILES string of the molecule is C=CCN(CC=C)c1cc([C@H](C)O)ccn1. The number of aliphatic hydroxyl groups excluding tert-OH is 1. The Balaban J connectivity index is 2.94. The molecule has 3 heteroatoms. The first-order valence-electron chi connectivity index (χ1n) is 5.29. The van der Waals surface area contributed by atoms with Crippen LogP contribution in [0.2, 0.25) is 0 Å². The zero-order valence-corrected chi connectivity index (χ0v) is 9.63. The molecule has 1 atom stereocenters. The van der Waals surface area contributed by atoms with Crippen molar-refractivity contribution in [2.75, 3.05) is 18.0 Å². The van der Waals surface area contributed by atoms with Crippen LogP contribution in [0.15, 0.2) is 43.6 Å². The van der Waals surface area contributed by atoms with Crippen LogP contribution in [-0.2, 0) is 0 Å². The van der Waals surface area contributed by atoms with Crippen LogP contribution in [0, 0.1) is 0 Å². The molecule has 0 spiro atoms. The molecule has 0 aliphatic rings. The summed E-state index contributed by atoms with van der Waals surface area (Å²) in [6, 6.07) is 3.70. The average Bonchev–Trinajstić information content (AvgIpc) is 2.29. The first-order chi connectivity index (χ1) is 7.69. The Morgan fingerprint density at radius 3 is 2.56 bits per heavy atom. The van der Waals surface area contributed by atoms with Crippen molar-refractivity contribution in [1.82, 2.24) is 4.98 Å². The molecule has 0 fully saturated rings.